The van der Waals surface area contributed by atoms with Gasteiger partial charge in [-0.2, -0.15) is 0 Å². The van der Waals surface area contributed by atoms with Crippen LogP contribution in [0.4, 0.5) is 15.8 Å². The number of hydrogen-bond donors (Lipinski definition) is 1. The summed E-state index contributed by atoms with van der Waals surface area (Å²) in [6.07, 6.45) is 0. The molecule has 0 amide bonds. The van der Waals surface area contributed by atoms with Gasteiger partial charge >= 0.3 is 0 Å². The van der Waals surface area contributed by atoms with Crippen molar-refractivity contribution in [2.75, 3.05) is 12.5 Å². The van der Waals surface area contributed by atoms with Crippen molar-refractivity contribution < 1.29 is 4.39 Å². The summed E-state index contributed by atoms with van der Waals surface area (Å²) in [4.78, 5) is 0. The molecule has 0 atom stereocenters. The lowest BCUT2D eigenvalue weighted by atomic mass is 10.0. The zero-order valence-electron chi connectivity index (χ0n) is 17.7. The maximum Gasteiger partial charge on any atom is 0.0785 e. The Morgan fingerprint density at radius 1 is 0.562 bits per heavy atom. The summed E-state index contributed by atoms with van der Waals surface area (Å²) in [6.45, 7) is 0. The molecule has 6 aromatic rings. The summed E-state index contributed by atoms with van der Waals surface area (Å²) in [7, 11) is 0.500. The second-order valence-electron chi connectivity index (χ2n) is 7.48. The highest BCUT2D eigenvalue weighted by Crippen LogP contribution is 2.42. The lowest BCUT2D eigenvalue weighted by Gasteiger charge is -2.15. The number of alkyl halides is 1. The molecule has 6 rings (SSSR count). The van der Waals surface area contributed by atoms with Crippen LogP contribution >= 0.6 is 11.3 Å². The van der Waals surface area contributed by atoms with Crippen LogP contribution in [0.15, 0.2) is 109 Å². The maximum atomic E-state index is 9.50. The molecule has 0 fully saturated rings. The first-order chi connectivity index (χ1) is 15.9. The molecule has 0 aliphatic heterocycles. The molecule has 1 nitrogen and oxygen atoms in total. The molecule has 32 heavy (non-hydrogen) atoms. The first-order valence-corrected chi connectivity index (χ1v) is 11.3. The van der Waals surface area contributed by atoms with Crippen molar-refractivity contribution in [1.82, 2.24) is 0 Å². The predicted molar refractivity (Wildman–Crippen MR) is 139 cm³/mol. The first kappa shape index (κ1) is 20.2. The molecule has 0 saturated heterocycles. The first-order valence-electron chi connectivity index (χ1n) is 10.5. The highest BCUT2D eigenvalue weighted by atomic mass is 32.1. The molecule has 0 bridgehead atoms. The molecule has 1 aromatic heterocycles. The van der Waals surface area contributed by atoms with Crippen molar-refractivity contribution in [1.29, 1.82) is 0 Å². The molecule has 156 valence electrons. The summed E-state index contributed by atoms with van der Waals surface area (Å²) >= 11 is 1.86. The number of para-hydroxylation sites is 1. The van der Waals surface area contributed by atoms with Gasteiger partial charge in [0, 0.05) is 42.5 Å². The third kappa shape index (κ3) is 3.51. The topological polar surface area (TPSA) is 12.0 Å². The van der Waals surface area contributed by atoms with E-state index in [1.807, 2.05) is 11.3 Å². The van der Waals surface area contributed by atoms with Crippen LogP contribution in [0.5, 0.6) is 0 Å². The Kier molecular flexibility index (Phi) is 5.57. The van der Waals surface area contributed by atoms with Crippen LogP contribution in [0.2, 0.25) is 0 Å². The van der Waals surface area contributed by atoms with E-state index in [2.05, 4.69) is 115 Å². The summed E-state index contributed by atoms with van der Waals surface area (Å²) in [6, 6.07) is 38.8. The third-order valence-corrected chi connectivity index (χ3v) is 6.78. The summed E-state index contributed by atoms with van der Waals surface area (Å²) < 4.78 is 12.1. The number of benzene rings is 5. The van der Waals surface area contributed by atoms with Crippen LogP contribution in [0.25, 0.3) is 42.1 Å². The number of halogens is 1. The molecule has 0 radical (unpaired) electrons. The fourth-order valence-corrected chi connectivity index (χ4v) is 5.46. The smallest absolute Gasteiger partial charge is 0.0785 e. The van der Waals surface area contributed by atoms with E-state index in [-0.39, 0.29) is 0 Å². The van der Waals surface area contributed by atoms with Crippen LogP contribution in [-0.4, -0.2) is 7.18 Å². The maximum absolute atomic E-state index is 9.50. The Hall–Kier alpha value is -3.69. The van der Waals surface area contributed by atoms with Gasteiger partial charge in [-0.05, 0) is 29.1 Å². The zero-order chi connectivity index (χ0) is 21.9. The standard InChI is InChI=1S/C28H19NS.CH3F/c1-2-10-19(11-3-1)20-12-6-8-16-24(20)29-25-18-27-28(22-14-5-4-13-21(22)25)23-15-7-9-17-26(23)30-27;1-2/h1-18,29H;1H3. The van der Waals surface area contributed by atoms with E-state index < -0.39 is 0 Å². The van der Waals surface area contributed by atoms with E-state index in [0.717, 1.165) is 11.4 Å². The molecule has 0 aliphatic rings. The second kappa shape index (κ2) is 8.81. The fourth-order valence-electron chi connectivity index (χ4n) is 4.30. The third-order valence-electron chi connectivity index (χ3n) is 5.67. The lowest BCUT2D eigenvalue weighted by molar-refractivity contribution is 0.636. The van der Waals surface area contributed by atoms with Crippen molar-refractivity contribution >= 4 is 53.7 Å². The SMILES string of the molecule is CF.c1ccc(-c2ccccc2Nc2cc3sc4ccccc4c3c3ccccc23)cc1. The Labute approximate surface area is 190 Å². The lowest BCUT2D eigenvalue weighted by Crippen LogP contribution is -1.94. The molecule has 5 aromatic carbocycles. The number of thiophene rings is 1. The molecule has 0 aliphatic carbocycles. The molecular formula is C29H22FNS. The molecule has 1 heterocycles. The molecular weight excluding hydrogens is 413 g/mol. The molecule has 0 spiro atoms. The van der Waals surface area contributed by atoms with Crippen molar-refractivity contribution in [3.63, 3.8) is 0 Å². The number of anilines is 2. The summed E-state index contributed by atoms with van der Waals surface area (Å²) in [5, 5.41) is 8.99. The highest BCUT2D eigenvalue weighted by molar-refractivity contribution is 7.26. The van der Waals surface area contributed by atoms with E-state index in [9.17, 15) is 4.39 Å². The predicted octanol–water partition coefficient (Wildman–Crippen LogP) is 9.20. The quantitative estimate of drug-likeness (QED) is 0.292. The van der Waals surface area contributed by atoms with Gasteiger partial charge in [0.1, 0.15) is 0 Å². The van der Waals surface area contributed by atoms with Crippen LogP contribution in [0, 0.1) is 0 Å². The van der Waals surface area contributed by atoms with Crippen LogP contribution in [-0.2, 0) is 0 Å². The van der Waals surface area contributed by atoms with Gasteiger partial charge in [-0.25, -0.2) is 0 Å². The fraction of sp³-hybridized carbons (Fsp3) is 0.0345. The van der Waals surface area contributed by atoms with Crippen molar-refractivity contribution in [3.8, 4) is 11.1 Å². The van der Waals surface area contributed by atoms with Gasteiger partial charge in [0.15, 0.2) is 0 Å². The van der Waals surface area contributed by atoms with Gasteiger partial charge in [-0.3, -0.25) is 4.39 Å². The normalized spacial score (nSPS) is 10.8. The van der Waals surface area contributed by atoms with Gasteiger partial charge in [-0.1, -0.05) is 91.0 Å². The minimum Gasteiger partial charge on any atom is -0.354 e. The monoisotopic (exact) mass is 435 g/mol. The Balaban J connectivity index is 0.00000105. The van der Waals surface area contributed by atoms with E-state index in [1.54, 1.807) is 0 Å². The average molecular weight is 436 g/mol. The Morgan fingerprint density at radius 2 is 1.19 bits per heavy atom. The van der Waals surface area contributed by atoms with E-state index >= 15 is 0 Å². The molecule has 1 N–H and O–H groups in total. The molecule has 0 unspecified atom stereocenters. The van der Waals surface area contributed by atoms with Gasteiger partial charge < -0.3 is 5.32 Å². The van der Waals surface area contributed by atoms with Crippen molar-refractivity contribution in [2.24, 2.45) is 0 Å². The van der Waals surface area contributed by atoms with Crippen LogP contribution in [0.1, 0.15) is 0 Å². The number of fused-ring (bicyclic) bond motifs is 5. The zero-order valence-corrected chi connectivity index (χ0v) is 18.5. The van der Waals surface area contributed by atoms with Crippen molar-refractivity contribution in [3.05, 3.63) is 109 Å². The summed E-state index contributed by atoms with van der Waals surface area (Å²) in [5.41, 5.74) is 4.69. The molecule has 3 heteroatoms. The number of nitrogens with one attached hydrogen (secondary N) is 1. The summed E-state index contributed by atoms with van der Waals surface area (Å²) in [5.74, 6) is 0. The van der Waals surface area contributed by atoms with E-state index in [4.69, 9.17) is 0 Å². The molecule has 0 saturated carbocycles. The van der Waals surface area contributed by atoms with E-state index in [1.165, 1.54) is 42.1 Å². The minimum atomic E-state index is 0.500. The Bertz CT molecular complexity index is 1520. The Morgan fingerprint density at radius 3 is 2.00 bits per heavy atom. The van der Waals surface area contributed by atoms with Gasteiger partial charge in [0.2, 0.25) is 0 Å². The highest BCUT2D eigenvalue weighted by Gasteiger charge is 2.13. The number of rotatable bonds is 3. The average Bonchev–Trinajstić information content (AvgIpc) is 3.25. The second-order valence-corrected chi connectivity index (χ2v) is 8.56. The van der Waals surface area contributed by atoms with Gasteiger partial charge in [-0.15, -0.1) is 11.3 Å². The number of hydrogen-bond acceptors (Lipinski definition) is 2. The van der Waals surface area contributed by atoms with Crippen LogP contribution < -0.4 is 5.32 Å². The van der Waals surface area contributed by atoms with Gasteiger partial charge in [0.05, 0.1) is 7.18 Å². The van der Waals surface area contributed by atoms with Gasteiger partial charge in [0.25, 0.3) is 0 Å². The largest absolute Gasteiger partial charge is 0.354 e. The van der Waals surface area contributed by atoms with Crippen LogP contribution in [0.3, 0.4) is 0 Å². The minimum absolute atomic E-state index is 0.500. The van der Waals surface area contributed by atoms with Crippen molar-refractivity contribution in [2.45, 2.75) is 0 Å². The van der Waals surface area contributed by atoms with E-state index in [0.29, 0.717) is 7.18 Å².